The lowest BCUT2D eigenvalue weighted by atomic mass is 10.1. The molecular weight excluding hydrogens is 158 g/mol. The first kappa shape index (κ1) is 8.55. The third kappa shape index (κ3) is 1.73. The van der Waals surface area contributed by atoms with Gasteiger partial charge in [0, 0.05) is 5.56 Å². The highest BCUT2D eigenvalue weighted by atomic mass is 16.4. The van der Waals surface area contributed by atoms with Crippen molar-refractivity contribution in [2.24, 2.45) is 5.16 Å². The first-order valence-corrected chi connectivity index (χ1v) is 3.38. The van der Waals surface area contributed by atoms with Crippen molar-refractivity contribution < 1.29 is 15.4 Å². The van der Waals surface area contributed by atoms with Crippen LogP contribution in [-0.2, 0) is 6.61 Å². The van der Waals surface area contributed by atoms with Gasteiger partial charge in [-0.3, -0.25) is 0 Å². The summed E-state index contributed by atoms with van der Waals surface area (Å²) in [6.45, 7) is -0.237. The van der Waals surface area contributed by atoms with Crippen molar-refractivity contribution in [3.63, 3.8) is 0 Å². The van der Waals surface area contributed by atoms with Crippen molar-refractivity contribution in [3.05, 3.63) is 29.3 Å². The first-order valence-electron chi connectivity index (χ1n) is 3.38. The van der Waals surface area contributed by atoms with Crippen LogP contribution in [0.4, 0.5) is 0 Å². The van der Waals surface area contributed by atoms with E-state index in [0.717, 1.165) is 0 Å². The SMILES string of the molecule is OCc1cc(/C=N/O)ccc1O. The highest BCUT2D eigenvalue weighted by Crippen LogP contribution is 2.17. The van der Waals surface area contributed by atoms with Crippen LogP contribution in [0.3, 0.4) is 0 Å². The monoisotopic (exact) mass is 167 g/mol. The number of phenols is 1. The van der Waals surface area contributed by atoms with Crippen LogP contribution in [-0.4, -0.2) is 21.6 Å². The molecule has 0 amide bonds. The number of aliphatic hydroxyl groups is 1. The maximum Gasteiger partial charge on any atom is 0.121 e. The molecule has 1 aromatic rings. The van der Waals surface area contributed by atoms with Crippen LogP contribution in [0.25, 0.3) is 0 Å². The molecule has 0 heterocycles. The fourth-order valence-electron chi connectivity index (χ4n) is 0.879. The van der Waals surface area contributed by atoms with Gasteiger partial charge in [0.05, 0.1) is 12.8 Å². The number of rotatable bonds is 2. The normalized spacial score (nSPS) is 10.8. The second-order valence-corrected chi connectivity index (χ2v) is 2.29. The van der Waals surface area contributed by atoms with Crippen LogP contribution in [0.5, 0.6) is 5.75 Å². The van der Waals surface area contributed by atoms with Crippen molar-refractivity contribution in [2.45, 2.75) is 6.61 Å². The molecule has 0 aliphatic rings. The van der Waals surface area contributed by atoms with Gasteiger partial charge >= 0.3 is 0 Å². The second kappa shape index (κ2) is 3.73. The summed E-state index contributed by atoms with van der Waals surface area (Å²) in [6, 6.07) is 4.55. The van der Waals surface area contributed by atoms with E-state index in [2.05, 4.69) is 5.16 Å². The number of hydrogen-bond donors (Lipinski definition) is 3. The van der Waals surface area contributed by atoms with Gasteiger partial charge in [0.2, 0.25) is 0 Å². The lowest BCUT2D eigenvalue weighted by molar-refractivity contribution is 0.275. The van der Waals surface area contributed by atoms with Gasteiger partial charge in [0.25, 0.3) is 0 Å². The molecule has 0 atom stereocenters. The Balaban J connectivity index is 3.05. The molecule has 1 rings (SSSR count). The van der Waals surface area contributed by atoms with E-state index in [4.69, 9.17) is 15.4 Å². The summed E-state index contributed by atoms with van der Waals surface area (Å²) in [5.74, 6) is 0.0348. The van der Waals surface area contributed by atoms with Crippen molar-refractivity contribution in [3.8, 4) is 5.75 Å². The highest BCUT2D eigenvalue weighted by molar-refractivity contribution is 5.79. The molecule has 4 nitrogen and oxygen atoms in total. The molecule has 0 aliphatic carbocycles. The molecule has 0 radical (unpaired) electrons. The fourth-order valence-corrected chi connectivity index (χ4v) is 0.879. The maximum atomic E-state index is 9.14. The minimum atomic E-state index is -0.237. The van der Waals surface area contributed by atoms with Crippen molar-refractivity contribution in [2.75, 3.05) is 0 Å². The number of aromatic hydroxyl groups is 1. The minimum absolute atomic E-state index is 0.0348. The Bertz CT molecular complexity index is 296. The van der Waals surface area contributed by atoms with Crippen LogP contribution in [0.15, 0.2) is 23.4 Å². The molecule has 0 spiro atoms. The van der Waals surface area contributed by atoms with E-state index in [-0.39, 0.29) is 12.4 Å². The van der Waals surface area contributed by atoms with Crippen LogP contribution < -0.4 is 0 Å². The Morgan fingerprint density at radius 3 is 2.75 bits per heavy atom. The molecule has 0 saturated heterocycles. The molecular formula is C8H9NO3. The lowest BCUT2D eigenvalue weighted by Crippen LogP contribution is -1.87. The molecule has 3 N–H and O–H groups in total. The van der Waals surface area contributed by atoms with E-state index in [0.29, 0.717) is 11.1 Å². The molecule has 12 heavy (non-hydrogen) atoms. The molecule has 0 bridgehead atoms. The quantitative estimate of drug-likeness (QED) is 0.344. The fraction of sp³-hybridized carbons (Fsp3) is 0.125. The number of hydrogen-bond acceptors (Lipinski definition) is 4. The number of oxime groups is 1. The Labute approximate surface area is 69.4 Å². The van der Waals surface area contributed by atoms with Crippen molar-refractivity contribution in [1.82, 2.24) is 0 Å². The molecule has 0 aliphatic heterocycles. The highest BCUT2D eigenvalue weighted by Gasteiger charge is 1.99. The van der Waals surface area contributed by atoms with Gasteiger partial charge in [-0.05, 0) is 23.8 Å². The maximum absolute atomic E-state index is 9.14. The average Bonchev–Trinajstić information content (AvgIpc) is 2.09. The standard InChI is InChI=1S/C8H9NO3/c10-5-7-3-6(4-9-12)1-2-8(7)11/h1-4,10-12H,5H2/b9-4+. The molecule has 0 saturated carbocycles. The Hall–Kier alpha value is -1.55. The van der Waals surface area contributed by atoms with Crippen LogP contribution >= 0.6 is 0 Å². The molecule has 4 heteroatoms. The molecule has 0 aromatic heterocycles. The largest absolute Gasteiger partial charge is 0.508 e. The molecule has 0 fully saturated rings. The van der Waals surface area contributed by atoms with E-state index in [1.807, 2.05) is 0 Å². The minimum Gasteiger partial charge on any atom is -0.508 e. The zero-order valence-electron chi connectivity index (χ0n) is 6.31. The third-order valence-electron chi connectivity index (χ3n) is 1.48. The topological polar surface area (TPSA) is 73.1 Å². The summed E-state index contributed by atoms with van der Waals surface area (Å²) in [4.78, 5) is 0. The number of nitrogens with zero attached hydrogens (tertiary/aromatic N) is 1. The second-order valence-electron chi connectivity index (χ2n) is 2.29. The number of aliphatic hydroxyl groups excluding tert-OH is 1. The third-order valence-corrected chi connectivity index (χ3v) is 1.48. The smallest absolute Gasteiger partial charge is 0.121 e. The van der Waals surface area contributed by atoms with Crippen LogP contribution in [0.2, 0.25) is 0 Å². The Morgan fingerprint density at radius 2 is 2.17 bits per heavy atom. The van der Waals surface area contributed by atoms with Gasteiger partial charge < -0.3 is 15.4 Å². The van der Waals surface area contributed by atoms with Gasteiger partial charge in [-0.25, -0.2) is 0 Å². The van der Waals surface area contributed by atoms with Gasteiger partial charge in [-0.15, -0.1) is 0 Å². The summed E-state index contributed by atoms with van der Waals surface area (Å²) in [6.07, 6.45) is 1.22. The molecule has 1 aromatic carbocycles. The summed E-state index contributed by atoms with van der Waals surface area (Å²) in [5, 5.41) is 28.9. The Morgan fingerprint density at radius 1 is 1.42 bits per heavy atom. The van der Waals surface area contributed by atoms with Gasteiger partial charge in [0.1, 0.15) is 5.75 Å². The summed E-state index contributed by atoms with van der Waals surface area (Å²) < 4.78 is 0. The zero-order chi connectivity index (χ0) is 8.97. The van der Waals surface area contributed by atoms with E-state index < -0.39 is 0 Å². The van der Waals surface area contributed by atoms with Gasteiger partial charge in [-0.1, -0.05) is 5.16 Å². The summed E-state index contributed by atoms with van der Waals surface area (Å²) in [5.41, 5.74) is 1.03. The van der Waals surface area contributed by atoms with E-state index >= 15 is 0 Å². The van der Waals surface area contributed by atoms with Crippen molar-refractivity contribution >= 4 is 6.21 Å². The molecule has 64 valence electrons. The van der Waals surface area contributed by atoms with E-state index in [1.54, 1.807) is 6.07 Å². The summed E-state index contributed by atoms with van der Waals surface area (Å²) in [7, 11) is 0. The predicted molar refractivity (Wildman–Crippen MR) is 43.4 cm³/mol. The van der Waals surface area contributed by atoms with Gasteiger partial charge in [0.15, 0.2) is 0 Å². The van der Waals surface area contributed by atoms with E-state index in [9.17, 15) is 0 Å². The van der Waals surface area contributed by atoms with Gasteiger partial charge in [-0.2, -0.15) is 0 Å². The van der Waals surface area contributed by atoms with Crippen LogP contribution in [0.1, 0.15) is 11.1 Å². The average molecular weight is 167 g/mol. The predicted octanol–water partition coefficient (Wildman–Crippen LogP) is 0.693. The summed E-state index contributed by atoms with van der Waals surface area (Å²) >= 11 is 0. The molecule has 0 unspecified atom stereocenters. The Kier molecular flexibility index (Phi) is 2.66. The van der Waals surface area contributed by atoms with Crippen LogP contribution in [0, 0.1) is 0 Å². The number of benzene rings is 1. The van der Waals surface area contributed by atoms with E-state index in [1.165, 1.54) is 18.3 Å². The first-order chi connectivity index (χ1) is 5.77. The lowest BCUT2D eigenvalue weighted by Gasteiger charge is -2.00. The van der Waals surface area contributed by atoms with Crippen molar-refractivity contribution in [1.29, 1.82) is 0 Å². The zero-order valence-corrected chi connectivity index (χ0v) is 6.31.